The lowest BCUT2D eigenvalue weighted by Gasteiger charge is -1.96. The number of nitrogens with zero attached hydrogens (tertiary/aromatic N) is 1. The molecule has 0 radical (unpaired) electrons. The van der Waals surface area contributed by atoms with E-state index in [4.69, 9.17) is 4.74 Å². The summed E-state index contributed by atoms with van der Waals surface area (Å²) in [6.45, 7) is 4.29. The van der Waals surface area contributed by atoms with E-state index in [9.17, 15) is 0 Å². The molecule has 0 N–H and O–H groups in total. The Labute approximate surface area is 68.8 Å². The number of hydrogen-bond acceptors (Lipinski definition) is 3. The van der Waals surface area contributed by atoms with Gasteiger partial charge in [0.2, 0.25) is 5.90 Å². The summed E-state index contributed by atoms with van der Waals surface area (Å²) in [5, 5.41) is 2.00. The van der Waals surface area contributed by atoms with E-state index < -0.39 is 0 Å². The first-order valence-corrected chi connectivity index (χ1v) is 4.18. The van der Waals surface area contributed by atoms with Crippen molar-refractivity contribution in [3.63, 3.8) is 0 Å². The maximum atomic E-state index is 5.27. The van der Waals surface area contributed by atoms with Gasteiger partial charge in [0.15, 0.2) is 0 Å². The van der Waals surface area contributed by atoms with E-state index in [0.29, 0.717) is 12.4 Å². The predicted molar refractivity (Wildman–Crippen MR) is 45.9 cm³/mol. The Kier molecular flexibility index (Phi) is 1.51. The van der Waals surface area contributed by atoms with Crippen molar-refractivity contribution in [1.29, 1.82) is 0 Å². The second-order valence-corrected chi connectivity index (χ2v) is 3.19. The number of hydrogen-bond donors (Lipinski definition) is 0. The molecule has 0 amide bonds. The number of rotatable bonds is 1. The monoisotopic (exact) mass is 165 g/mol. The van der Waals surface area contributed by atoms with Crippen LogP contribution in [0.3, 0.4) is 0 Å². The van der Waals surface area contributed by atoms with Gasteiger partial charge in [-0.2, -0.15) is 0 Å². The summed E-state index contributed by atoms with van der Waals surface area (Å²) in [5.74, 6) is 1.44. The number of aliphatic imine (C=N–C) groups is 1. The molecule has 1 aliphatic rings. The maximum absolute atomic E-state index is 5.27. The van der Waals surface area contributed by atoms with Gasteiger partial charge in [0.25, 0.3) is 0 Å². The van der Waals surface area contributed by atoms with Crippen molar-refractivity contribution < 1.29 is 4.74 Å². The van der Waals surface area contributed by atoms with Crippen LogP contribution in [0.1, 0.15) is 4.88 Å². The van der Waals surface area contributed by atoms with Crippen LogP contribution in [-0.4, -0.2) is 12.4 Å². The minimum Gasteiger partial charge on any atom is -0.441 e. The summed E-state index contributed by atoms with van der Waals surface area (Å²) in [6.07, 6.45) is 0. The summed E-state index contributed by atoms with van der Waals surface area (Å²) in [7, 11) is 0. The molecule has 0 fully saturated rings. The zero-order valence-corrected chi connectivity index (χ0v) is 6.73. The number of ether oxygens (including phenoxy) is 1. The van der Waals surface area contributed by atoms with Crippen molar-refractivity contribution in [2.45, 2.75) is 0 Å². The molecule has 0 saturated heterocycles. The lowest BCUT2D eigenvalue weighted by atomic mass is 10.5. The molecule has 0 unspecified atom stereocenters. The third-order valence-corrected chi connectivity index (χ3v) is 2.23. The van der Waals surface area contributed by atoms with E-state index in [2.05, 4.69) is 11.6 Å². The molecular formula is C8H7NOS. The molecule has 0 aromatic carbocycles. The van der Waals surface area contributed by atoms with Gasteiger partial charge in [0, 0.05) is 0 Å². The van der Waals surface area contributed by atoms with Gasteiger partial charge in [-0.1, -0.05) is 12.6 Å². The first-order valence-electron chi connectivity index (χ1n) is 3.30. The smallest absolute Gasteiger partial charge is 0.232 e. The third kappa shape index (κ3) is 1.19. The molecule has 1 aliphatic heterocycles. The van der Waals surface area contributed by atoms with Crippen LogP contribution < -0.4 is 0 Å². The van der Waals surface area contributed by atoms with Crippen molar-refractivity contribution in [3.05, 3.63) is 34.7 Å². The highest BCUT2D eigenvalue weighted by Gasteiger charge is 2.13. The Bertz CT molecular complexity index is 300. The van der Waals surface area contributed by atoms with Crippen LogP contribution in [0, 0.1) is 0 Å². The van der Waals surface area contributed by atoms with Crippen LogP contribution in [-0.2, 0) is 4.74 Å². The number of thiophene rings is 1. The van der Waals surface area contributed by atoms with Gasteiger partial charge in [-0.3, -0.25) is 0 Å². The molecule has 2 heterocycles. The normalized spacial score (nSPS) is 16.4. The minimum atomic E-state index is 0.604. The lowest BCUT2D eigenvalue weighted by Crippen LogP contribution is -1.95. The van der Waals surface area contributed by atoms with Gasteiger partial charge in [0.1, 0.15) is 12.3 Å². The molecular weight excluding hydrogens is 158 g/mol. The molecule has 0 atom stereocenters. The van der Waals surface area contributed by atoms with Crippen molar-refractivity contribution in [1.82, 2.24) is 0 Å². The van der Waals surface area contributed by atoms with E-state index >= 15 is 0 Å². The first kappa shape index (κ1) is 6.61. The topological polar surface area (TPSA) is 21.6 Å². The van der Waals surface area contributed by atoms with Gasteiger partial charge in [-0.25, -0.2) is 4.99 Å². The van der Waals surface area contributed by atoms with Gasteiger partial charge in [-0.05, 0) is 11.4 Å². The van der Waals surface area contributed by atoms with E-state index in [0.717, 1.165) is 10.6 Å². The van der Waals surface area contributed by atoms with Gasteiger partial charge in [-0.15, -0.1) is 11.3 Å². The molecule has 1 aromatic heterocycles. The van der Waals surface area contributed by atoms with E-state index in [-0.39, 0.29) is 0 Å². The van der Waals surface area contributed by atoms with Crippen LogP contribution in [0.25, 0.3) is 0 Å². The van der Waals surface area contributed by atoms with Crippen molar-refractivity contribution >= 4 is 17.2 Å². The van der Waals surface area contributed by atoms with Crippen molar-refractivity contribution in [2.24, 2.45) is 4.99 Å². The third-order valence-electron chi connectivity index (χ3n) is 1.37. The van der Waals surface area contributed by atoms with Gasteiger partial charge >= 0.3 is 0 Å². The van der Waals surface area contributed by atoms with Crippen LogP contribution in [0.5, 0.6) is 0 Å². The highest BCUT2D eigenvalue weighted by Crippen LogP contribution is 2.17. The Morgan fingerprint density at radius 3 is 3.09 bits per heavy atom. The molecule has 0 spiro atoms. The first-order chi connectivity index (χ1) is 5.36. The molecule has 2 nitrogen and oxygen atoms in total. The fourth-order valence-electron chi connectivity index (χ4n) is 0.890. The van der Waals surface area contributed by atoms with E-state index in [1.54, 1.807) is 11.3 Å². The second kappa shape index (κ2) is 2.51. The van der Waals surface area contributed by atoms with E-state index in [1.807, 2.05) is 17.5 Å². The van der Waals surface area contributed by atoms with E-state index in [1.165, 1.54) is 0 Å². The summed E-state index contributed by atoms with van der Waals surface area (Å²) in [4.78, 5) is 5.24. The van der Waals surface area contributed by atoms with Gasteiger partial charge < -0.3 is 4.74 Å². The summed E-state index contributed by atoms with van der Waals surface area (Å²) in [6, 6.07) is 3.97. The van der Waals surface area contributed by atoms with Crippen LogP contribution >= 0.6 is 11.3 Å². The molecule has 3 heteroatoms. The Hall–Kier alpha value is -1.09. The molecule has 56 valence electrons. The molecule has 2 rings (SSSR count). The fraction of sp³-hybridized carbons (Fsp3) is 0.125. The second-order valence-electron chi connectivity index (χ2n) is 2.24. The van der Waals surface area contributed by atoms with Crippen LogP contribution in [0.2, 0.25) is 0 Å². The standard InChI is InChI=1S/C8H7NOS/c1-6-5-9-8(10-6)7-3-2-4-11-7/h2-4H,1,5H2. The molecule has 0 bridgehead atoms. The zero-order chi connectivity index (χ0) is 7.68. The molecule has 11 heavy (non-hydrogen) atoms. The largest absolute Gasteiger partial charge is 0.441 e. The summed E-state index contributed by atoms with van der Waals surface area (Å²) < 4.78 is 5.27. The summed E-state index contributed by atoms with van der Waals surface area (Å²) >= 11 is 1.63. The predicted octanol–water partition coefficient (Wildman–Crippen LogP) is 2.04. The zero-order valence-electron chi connectivity index (χ0n) is 5.91. The molecule has 0 aliphatic carbocycles. The quantitative estimate of drug-likeness (QED) is 0.624. The Balaban J connectivity index is 2.26. The highest BCUT2D eigenvalue weighted by molar-refractivity contribution is 7.12. The minimum absolute atomic E-state index is 0.604. The molecule has 0 saturated carbocycles. The Morgan fingerprint density at radius 1 is 1.64 bits per heavy atom. The van der Waals surface area contributed by atoms with Crippen molar-refractivity contribution in [3.8, 4) is 0 Å². The maximum Gasteiger partial charge on any atom is 0.232 e. The van der Waals surface area contributed by atoms with Crippen LogP contribution in [0.4, 0.5) is 0 Å². The molecule has 1 aromatic rings. The summed E-state index contributed by atoms with van der Waals surface area (Å²) in [5.41, 5.74) is 0. The van der Waals surface area contributed by atoms with Crippen molar-refractivity contribution in [2.75, 3.05) is 6.54 Å². The van der Waals surface area contributed by atoms with Crippen LogP contribution in [0.15, 0.2) is 34.8 Å². The highest BCUT2D eigenvalue weighted by atomic mass is 32.1. The van der Waals surface area contributed by atoms with Gasteiger partial charge in [0.05, 0.1) is 4.88 Å². The Morgan fingerprint density at radius 2 is 2.55 bits per heavy atom. The average Bonchev–Trinajstić information content (AvgIpc) is 2.55. The lowest BCUT2D eigenvalue weighted by molar-refractivity contribution is 0.443. The average molecular weight is 165 g/mol. The SMILES string of the molecule is C=C1CN=C(c2cccs2)O1. The fourth-order valence-corrected chi connectivity index (χ4v) is 1.56.